The first kappa shape index (κ1) is 16.6. The minimum absolute atomic E-state index is 0.0742. The molecule has 4 atom stereocenters. The minimum atomic E-state index is -0.0742. The molecule has 0 spiro atoms. The summed E-state index contributed by atoms with van der Waals surface area (Å²) in [6, 6.07) is 0.0986. The Morgan fingerprint density at radius 1 is 1.29 bits per heavy atom. The van der Waals surface area contributed by atoms with Crippen LogP contribution in [0.2, 0.25) is 0 Å². The van der Waals surface area contributed by atoms with Gasteiger partial charge in [0.15, 0.2) is 0 Å². The standard InChI is InChI=1S/C16H31N3O2/c1-3-4-8-19(2)9-7-17-16(21)18-15-13-6-5-12(10-13)14(15)11-20/h12-15,20H,3-11H2,1-2H3,(H2,17,18,21). The third kappa shape index (κ3) is 4.33. The van der Waals surface area contributed by atoms with Gasteiger partial charge in [-0.25, -0.2) is 4.79 Å². The van der Waals surface area contributed by atoms with Crippen LogP contribution in [0.15, 0.2) is 0 Å². The van der Waals surface area contributed by atoms with E-state index in [4.69, 9.17) is 0 Å². The summed E-state index contributed by atoms with van der Waals surface area (Å²) in [5, 5.41) is 15.6. The van der Waals surface area contributed by atoms with E-state index in [1.165, 1.54) is 32.1 Å². The molecule has 0 aromatic heterocycles. The van der Waals surface area contributed by atoms with E-state index in [0.717, 1.165) is 13.1 Å². The molecule has 0 aromatic carbocycles. The zero-order valence-electron chi connectivity index (χ0n) is 13.5. The molecule has 2 amide bonds. The van der Waals surface area contributed by atoms with Crippen LogP contribution in [0.5, 0.6) is 0 Å². The highest BCUT2D eigenvalue weighted by Crippen LogP contribution is 2.48. The number of aliphatic hydroxyl groups excluding tert-OH is 1. The minimum Gasteiger partial charge on any atom is -0.396 e. The highest BCUT2D eigenvalue weighted by molar-refractivity contribution is 5.74. The number of fused-ring (bicyclic) bond motifs is 2. The molecule has 2 saturated carbocycles. The third-order valence-corrected chi connectivity index (χ3v) is 5.27. The van der Waals surface area contributed by atoms with Gasteiger partial charge in [0.25, 0.3) is 0 Å². The van der Waals surface area contributed by atoms with Gasteiger partial charge in [-0.15, -0.1) is 0 Å². The lowest BCUT2D eigenvalue weighted by Gasteiger charge is -2.30. The molecule has 2 bridgehead atoms. The molecular weight excluding hydrogens is 266 g/mol. The summed E-state index contributed by atoms with van der Waals surface area (Å²) in [5.41, 5.74) is 0. The second-order valence-corrected chi connectivity index (χ2v) is 6.76. The van der Waals surface area contributed by atoms with Crippen LogP contribution in [0.3, 0.4) is 0 Å². The van der Waals surface area contributed by atoms with Crippen LogP contribution in [0.25, 0.3) is 0 Å². The van der Waals surface area contributed by atoms with Gasteiger partial charge in [0.05, 0.1) is 0 Å². The van der Waals surface area contributed by atoms with Crippen molar-refractivity contribution in [3.63, 3.8) is 0 Å². The zero-order chi connectivity index (χ0) is 15.2. The van der Waals surface area contributed by atoms with Crippen LogP contribution in [-0.4, -0.2) is 55.4 Å². The maximum absolute atomic E-state index is 12.0. The van der Waals surface area contributed by atoms with Gasteiger partial charge in [-0.3, -0.25) is 0 Å². The predicted molar refractivity (Wildman–Crippen MR) is 84.1 cm³/mol. The van der Waals surface area contributed by atoms with E-state index < -0.39 is 0 Å². The van der Waals surface area contributed by atoms with Crippen molar-refractivity contribution in [3.8, 4) is 0 Å². The molecule has 4 unspecified atom stereocenters. The van der Waals surface area contributed by atoms with Crippen molar-refractivity contribution in [1.82, 2.24) is 15.5 Å². The molecule has 5 heteroatoms. The Morgan fingerprint density at radius 3 is 2.76 bits per heavy atom. The SMILES string of the molecule is CCCCN(C)CCNC(=O)NC1C2CCC(C2)C1CO. The lowest BCUT2D eigenvalue weighted by Crippen LogP contribution is -2.50. The van der Waals surface area contributed by atoms with Crippen LogP contribution in [0, 0.1) is 17.8 Å². The van der Waals surface area contributed by atoms with Crippen LogP contribution in [0.4, 0.5) is 4.79 Å². The van der Waals surface area contributed by atoms with Crippen molar-refractivity contribution in [1.29, 1.82) is 0 Å². The van der Waals surface area contributed by atoms with Crippen molar-refractivity contribution < 1.29 is 9.90 Å². The molecular formula is C16H31N3O2. The van der Waals surface area contributed by atoms with E-state index in [2.05, 4.69) is 29.5 Å². The number of unbranched alkanes of at least 4 members (excludes halogenated alkanes) is 1. The molecule has 5 nitrogen and oxygen atoms in total. The van der Waals surface area contributed by atoms with Crippen LogP contribution in [0.1, 0.15) is 39.0 Å². The van der Waals surface area contributed by atoms with Gasteiger partial charge >= 0.3 is 6.03 Å². The Kier molecular flexibility index (Phi) is 6.30. The molecule has 0 heterocycles. The summed E-state index contributed by atoms with van der Waals surface area (Å²) in [6.07, 6.45) is 6.00. The van der Waals surface area contributed by atoms with E-state index in [9.17, 15) is 9.90 Å². The van der Waals surface area contributed by atoms with Crippen molar-refractivity contribution in [2.75, 3.05) is 33.3 Å². The monoisotopic (exact) mass is 297 g/mol. The topological polar surface area (TPSA) is 64.6 Å². The highest BCUT2D eigenvalue weighted by atomic mass is 16.3. The number of hydrogen-bond acceptors (Lipinski definition) is 3. The third-order valence-electron chi connectivity index (χ3n) is 5.27. The Balaban J connectivity index is 1.65. The fourth-order valence-corrected chi connectivity index (χ4v) is 4.00. The van der Waals surface area contributed by atoms with Gasteiger partial charge in [-0.1, -0.05) is 13.3 Å². The summed E-state index contributed by atoms with van der Waals surface area (Å²) < 4.78 is 0. The van der Waals surface area contributed by atoms with Crippen molar-refractivity contribution >= 4 is 6.03 Å². The van der Waals surface area contributed by atoms with Gasteiger partial charge in [-0.05, 0) is 51.1 Å². The number of urea groups is 1. The maximum atomic E-state index is 12.0. The Morgan fingerprint density at radius 2 is 2.05 bits per heavy atom. The zero-order valence-corrected chi connectivity index (χ0v) is 13.5. The van der Waals surface area contributed by atoms with Crippen molar-refractivity contribution in [2.24, 2.45) is 17.8 Å². The number of nitrogens with zero attached hydrogens (tertiary/aromatic N) is 1. The average molecular weight is 297 g/mol. The van der Waals surface area contributed by atoms with E-state index in [1.807, 2.05) is 0 Å². The van der Waals surface area contributed by atoms with Crippen molar-refractivity contribution in [3.05, 3.63) is 0 Å². The van der Waals surface area contributed by atoms with E-state index in [-0.39, 0.29) is 24.6 Å². The fourth-order valence-electron chi connectivity index (χ4n) is 4.00. The molecule has 2 aliphatic rings. The molecule has 122 valence electrons. The van der Waals surface area contributed by atoms with Gasteiger partial charge in [-0.2, -0.15) is 0 Å². The van der Waals surface area contributed by atoms with Gasteiger partial charge in [0.2, 0.25) is 0 Å². The fraction of sp³-hybridized carbons (Fsp3) is 0.938. The van der Waals surface area contributed by atoms with Crippen molar-refractivity contribution in [2.45, 2.75) is 45.1 Å². The van der Waals surface area contributed by atoms with Gasteiger partial charge in [0.1, 0.15) is 0 Å². The lowest BCUT2D eigenvalue weighted by atomic mass is 9.85. The van der Waals surface area contributed by atoms with E-state index in [1.54, 1.807) is 0 Å². The largest absolute Gasteiger partial charge is 0.396 e. The first-order valence-corrected chi connectivity index (χ1v) is 8.49. The second kappa shape index (κ2) is 7.99. The molecule has 0 aromatic rings. The number of rotatable bonds is 8. The van der Waals surface area contributed by atoms with E-state index in [0.29, 0.717) is 18.4 Å². The molecule has 0 saturated heterocycles. The number of carbonyl (C=O) groups is 1. The predicted octanol–water partition coefficient (Wildman–Crippen LogP) is 1.42. The number of aliphatic hydroxyl groups is 1. The molecule has 0 aliphatic heterocycles. The Labute approximate surface area is 128 Å². The molecule has 2 fully saturated rings. The maximum Gasteiger partial charge on any atom is 0.315 e. The lowest BCUT2D eigenvalue weighted by molar-refractivity contribution is 0.144. The number of nitrogens with one attached hydrogen (secondary N) is 2. The number of hydrogen-bond donors (Lipinski definition) is 3. The average Bonchev–Trinajstić information content (AvgIpc) is 3.06. The van der Waals surface area contributed by atoms with Crippen LogP contribution >= 0.6 is 0 Å². The summed E-state index contributed by atoms with van der Waals surface area (Å²) in [7, 11) is 2.09. The summed E-state index contributed by atoms with van der Waals surface area (Å²) in [6.45, 7) is 5.03. The second-order valence-electron chi connectivity index (χ2n) is 6.76. The van der Waals surface area contributed by atoms with Gasteiger partial charge in [0, 0.05) is 31.7 Å². The quantitative estimate of drug-likeness (QED) is 0.635. The molecule has 2 rings (SSSR count). The van der Waals surface area contributed by atoms with Crippen LogP contribution in [-0.2, 0) is 0 Å². The number of amides is 2. The first-order valence-electron chi connectivity index (χ1n) is 8.49. The summed E-state index contributed by atoms with van der Waals surface area (Å²) in [4.78, 5) is 14.3. The number of carbonyl (C=O) groups excluding carboxylic acids is 1. The summed E-state index contributed by atoms with van der Waals surface area (Å²) in [5.74, 6) is 1.46. The smallest absolute Gasteiger partial charge is 0.315 e. The van der Waals surface area contributed by atoms with Gasteiger partial charge < -0.3 is 20.6 Å². The highest BCUT2D eigenvalue weighted by Gasteiger charge is 2.47. The molecule has 21 heavy (non-hydrogen) atoms. The normalized spacial score (nSPS) is 30.9. The van der Waals surface area contributed by atoms with Crippen LogP contribution < -0.4 is 10.6 Å². The summed E-state index contributed by atoms with van der Waals surface area (Å²) >= 11 is 0. The number of likely N-dealkylation sites (N-methyl/N-ethyl adjacent to an activating group) is 1. The molecule has 2 aliphatic carbocycles. The molecule has 3 N–H and O–H groups in total. The van der Waals surface area contributed by atoms with E-state index >= 15 is 0 Å². The molecule has 0 radical (unpaired) electrons. The first-order chi connectivity index (χ1) is 10.2. The Hall–Kier alpha value is -0.810. The Bertz CT molecular complexity index is 337.